The van der Waals surface area contributed by atoms with E-state index < -0.39 is 0 Å². The van der Waals surface area contributed by atoms with Crippen molar-refractivity contribution in [3.63, 3.8) is 0 Å². The number of hydrogen-bond acceptors (Lipinski definition) is 2. The number of carbonyl (C=O) groups is 1. The molecule has 1 rings (SSSR count). The quantitative estimate of drug-likeness (QED) is 0.784. The van der Waals surface area contributed by atoms with Crippen molar-refractivity contribution in [2.75, 3.05) is 13.1 Å². The highest BCUT2D eigenvalue weighted by molar-refractivity contribution is 5.78. The summed E-state index contributed by atoms with van der Waals surface area (Å²) in [6.45, 7) is 5.30. The van der Waals surface area contributed by atoms with Crippen LogP contribution in [0.4, 0.5) is 0 Å². The first kappa shape index (κ1) is 12.7. The molecule has 0 aromatic heterocycles. The molecule has 3 nitrogen and oxygen atoms in total. The van der Waals surface area contributed by atoms with Crippen LogP contribution in [0.5, 0.6) is 0 Å². The summed E-state index contributed by atoms with van der Waals surface area (Å²) in [4.78, 5) is 11.6. The van der Waals surface area contributed by atoms with Crippen LogP contribution >= 0.6 is 0 Å². The van der Waals surface area contributed by atoms with E-state index in [1.807, 2.05) is 38.1 Å². The maximum absolute atomic E-state index is 11.6. The highest BCUT2D eigenvalue weighted by Crippen LogP contribution is 2.07. The third-order valence-electron chi connectivity index (χ3n) is 2.66. The third kappa shape index (κ3) is 4.03. The molecule has 1 atom stereocenters. The molecule has 0 aliphatic heterocycles. The second-order valence-corrected chi connectivity index (χ2v) is 4.25. The number of carbonyl (C=O) groups excluding carboxylic acids is 1. The summed E-state index contributed by atoms with van der Waals surface area (Å²) in [6.07, 6.45) is 0.448. The Hall–Kier alpha value is -1.35. The Balaban J connectivity index is 2.43. The Morgan fingerprint density at radius 1 is 1.44 bits per heavy atom. The van der Waals surface area contributed by atoms with Crippen LogP contribution in [0.25, 0.3) is 0 Å². The second-order valence-electron chi connectivity index (χ2n) is 4.25. The Labute approximate surface area is 97.0 Å². The number of hydrogen-bond donors (Lipinski definition) is 2. The fraction of sp³-hybridized carbons (Fsp3) is 0.462. The number of aryl methyl sites for hydroxylation is 1. The summed E-state index contributed by atoms with van der Waals surface area (Å²) in [5.41, 5.74) is 7.72. The van der Waals surface area contributed by atoms with Gasteiger partial charge in [0.05, 0.1) is 6.42 Å². The molecule has 3 N–H and O–H groups in total. The van der Waals surface area contributed by atoms with Gasteiger partial charge in [-0.15, -0.1) is 0 Å². The summed E-state index contributed by atoms with van der Waals surface area (Å²) in [6, 6.07) is 7.94. The molecule has 0 heterocycles. The van der Waals surface area contributed by atoms with Crippen LogP contribution < -0.4 is 11.1 Å². The van der Waals surface area contributed by atoms with Gasteiger partial charge in [-0.1, -0.05) is 31.2 Å². The minimum absolute atomic E-state index is 0.0644. The molecule has 1 amide bonds. The normalized spacial score (nSPS) is 12.2. The van der Waals surface area contributed by atoms with Gasteiger partial charge in [-0.05, 0) is 30.5 Å². The van der Waals surface area contributed by atoms with Crippen molar-refractivity contribution in [3.8, 4) is 0 Å². The molecule has 0 aliphatic rings. The molecule has 0 spiro atoms. The van der Waals surface area contributed by atoms with Crippen LogP contribution in [-0.2, 0) is 11.2 Å². The van der Waals surface area contributed by atoms with Crippen molar-refractivity contribution in [1.29, 1.82) is 0 Å². The Morgan fingerprint density at radius 3 is 2.75 bits per heavy atom. The van der Waals surface area contributed by atoms with Gasteiger partial charge in [0.1, 0.15) is 0 Å². The van der Waals surface area contributed by atoms with Gasteiger partial charge in [-0.2, -0.15) is 0 Å². The van der Waals surface area contributed by atoms with Crippen LogP contribution in [0.15, 0.2) is 24.3 Å². The highest BCUT2D eigenvalue weighted by Gasteiger charge is 2.06. The molecule has 0 aliphatic carbocycles. The zero-order valence-electron chi connectivity index (χ0n) is 9.99. The lowest BCUT2D eigenvalue weighted by Gasteiger charge is -2.10. The number of benzene rings is 1. The summed E-state index contributed by atoms with van der Waals surface area (Å²) in [5.74, 6) is 0.399. The SMILES string of the molecule is Cc1ccccc1CC(=O)NCC(C)CN. The van der Waals surface area contributed by atoms with E-state index in [-0.39, 0.29) is 5.91 Å². The van der Waals surface area contributed by atoms with Gasteiger partial charge in [0.2, 0.25) is 5.91 Å². The van der Waals surface area contributed by atoms with Gasteiger partial charge in [0.15, 0.2) is 0 Å². The zero-order chi connectivity index (χ0) is 12.0. The lowest BCUT2D eigenvalue weighted by Crippen LogP contribution is -2.32. The van der Waals surface area contributed by atoms with E-state index in [1.165, 1.54) is 0 Å². The van der Waals surface area contributed by atoms with Gasteiger partial charge < -0.3 is 11.1 Å². The second kappa shape index (κ2) is 6.28. The maximum Gasteiger partial charge on any atom is 0.224 e. The van der Waals surface area contributed by atoms with Crippen molar-refractivity contribution in [1.82, 2.24) is 5.32 Å². The highest BCUT2D eigenvalue weighted by atomic mass is 16.1. The van der Waals surface area contributed by atoms with Crippen molar-refractivity contribution < 1.29 is 4.79 Å². The minimum atomic E-state index is 0.0644. The van der Waals surface area contributed by atoms with Crippen molar-refractivity contribution in [2.45, 2.75) is 20.3 Å². The molecule has 88 valence electrons. The van der Waals surface area contributed by atoms with Gasteiger partial charge in [0.25, 0.3) is 0 Å². The molecule has 16 heavy (non-hydrogen) atoms. The van der Waals surface area contributed by atoms with Gasteiger partial charge in [-0.3, -0.25) is 4.79 Å². The number of nitrogens with one attached hydrogen (secondary N) is 1. The van der Waals surface area contributed by atoms with E-state index in [9.17, 15) is 4.79 Å². The standard InChI is InChI=1S/C13H20N2O/c1-10(8-14)9-15-13(16)7-12-6-4-3-5-11(12)2/h3-6,10H,7-9,14H2,1-2H3,(H,15,16). The van der Waals surface area contributed by atoms with E-state index in [0.29, 0.717) is 25.4 Å². The molecule has 0 fully saturated rings. The summed E-state index contributed by atoms with van der Waals surface area (Å²) in [7, 11) is 0. The molecule has 1 unspecified atom stereocenters. The summed E-state index contributed by atoms with van der Waals surface area (Å²) in [5, 5.41) is 2.89. The van der Waals surface area contributed by atoms with Gasteiger partial charge >= 0.3 is 0 Å². The Bertz CT molecular complexity index is 350. The first-order chi connectivity index (χ1) is 7.63. The average molecular weight is 220 g/mol. The number of nitrogens with two attached hydrogens (primary N) is 1. The lowest BCUT2D eigenvalue weighted by molar-refractivity contribution is -0.120. The first-order valence-electron chi connectivity index (χ1n) is 5.64. The van der Waals surface area contributed by atoms with Crippen LogP contribution in [0.3, 0.4) is 0 Å². The van der Waals surface area contributed by atoms with E-state index in [4.69, 9.17) is 5.73 Å². The van der Waals surface area contributed by atoms with E-state index in [0.717, 1.165) is 11.1 Å². The average Bonchev–Trinajstić information content (AvgIpc) is 2.29. The number of rotatable bonds is 5. The molecule has 3 heteroatoms. The van der Waals surface area contributed by atoms with Crippen molar-refractivity contribution >= 4 is 5.91 Å². The van der Waals surface area contributed by atoms with E-state index >= 15 is 0 Å². The topological polar surface area (TPSA) is 55.1 Å². The molecule has 0 saturated heterocycles. The molecule has 0 radical (unpaired) electrons. The largest absolute Gasteiger partial charge is 0.355 e. The Kier molecular flexibility index (Phi) is 4.99. The van der Waals surface area contributed by atoms with E-state index in [1.54, 1.807) is 0 Å². The van der Waals surface area contributed by atoms with Crippen LogP contribution in [-0.4, -0.2) is 19.0 Å². The lowest BCUT2D eigenvalue weighted by atomic mass is 10.1. The monoisotopic (exact) mass is 220 g/mol. The van der Waals surface area contributed by atoms with E-state index in [2.05, 4.69) is 5.32 Å². The molecule has 1 aromatic carbocycles. The van der Waals surface area contributed by atoms with Gasteiger partial charge in [-0.25, -0.2) is 0 Å². The first-order valence-corrected chi connectivity index (χ1v) is 5.64. The molecule has 0 saturated carbocycles. The van der Waals surface area contributed by atoms with Crippen molar-refractivity contribution in [2.24, 2.45) is 11.7 Å². The fourth-order valence-corrected chi connectivity index (χ4v) is 1.42. The van der Waals surface area contributed by atoms with Crippen LogP contribution in [0.1, 0.15) is 18.1 Å². The van der Waals surface area contributed by atoms with Crippen LogP contribution in [0.2, 0.25) is 0 Å². The van der Waals surface area contributed by atoms with Gasteiger partial charge in [0, 0.05) is 6.54 Å². The third-order valence-corrected chi connectivity index (χ3v) is 2.66. The fourth-order valence-electron chi connectivity index (χ4n) is 1.42. The summed E-state index contributed by atoms with van der Waals surface area (Å²) < 4.78 is 0. The van der Waals surface area contributed by atoms with Crippen molar-refractivity contribution in [3.05, 3.63) is 35.4 Å². The molecule has 1 aromatic rings. The molecule has 0 bridgehead atoms. The van der Waals surface area contributed by atoms with Crippen LogP contribution in [0, 0.1) is 12.8 Å². The molecular weight excluding hydrogens is 200 g/mol. The predicted octanol–water partition coefficient (Wildman–Crippen LogP) is 1.25. The number of amides is 1. The summed E-state index contributed by atoms with van der Waals surface area (Å²) >= 11 is 0. The Morgan fingerprint density at radius 2 is 2.12 bits per heavy atom. The maximum atomic E-state index is 11.6. The smallest absolute Gasteiger partial charge is 0.224 e. The minimum Gasteiger partial charge on any atom is -0.355 e. The predicted molar refractivity (Wildman–Crippen MR) is 66.1 cm³/mol. The molecular formula is C13H20N2O. The zero-order valence-corrected chi connectivity index (χ0v) is 9.99.